The van der Waals surface area contributed by atoms with Crippen molar-refractivity contribution in [1.29, 1.82) is 0 Å². The second kappa shape index (κ2) is 6.21. The van der Waals surface area contributed by atoms with Crippen molar-refractivity contribution in [3.05, 3.63) is 72.8 Å². The van der Waals surface area contributed by atoms with Gasteiger partial charge < -0.3 is 9.72 Å². The van der Waals surface area contributed by atoms with E-state index in [1.165, 1.54) is 0 Å². The van der Waals surface area contributed by atoms with Gasteiger partial charge in [0.05, 0.1) is 18.2 Å². The van der Waals surface area contributed by atoms with Crippen molar-refractivity contribution < 1.29 is 9.53 Å². The predicted octanol–water partition coefficient (Wildman–Crippen LogP) is 5.15. The minimum absolute atomic E-state index is 0.0673. The number of fused-ring (bicyclic) bond motifs is 3. The van der Waals surface area contributed by atoms with E-state index in [9.17, 15) is 4.79 Å². The van der Waals surface area contributed by atoms with E-state index in [0.717, 1.165) is 44.9 Å². The molecule has 2 aliphatic heterocycles. The summed E-state index contributed by atoms with van der Waals surface area (Å²) in [6, 6.07) is 13.7. The fourth-order valence-corrected chi connectivity index (χ4v) is 4.37. The summed E-state index contributed by atoms with van der Waals surface area (Å²) in [5.74, 6) is 0.828. The van der Waals surface area contributed by atoms with Crippen LogP contribution in [0.3, 0.4) is 0 Å². The molecular weight excluding hydrogens is 362 g/mol. The van der Waals surface area contributed by atoms with Gasteiger partial charge in [0.15, 0.2) is 0 Å². The van der Waals surface area contributed by atoms with Crippen LogP contribution in [0.25, 0.3) is 22.3 Å². The largest absolute Gasteiger partial charge is 0.497 e. The van der Waals surface area contributed by atoms with Gasteiger partial charge in [0.1, 0.15) is 5.75 Å². The topological polar surface area (TPSA) is 58.2 Å². The Balaban J connectivity index is 1.85. The summed E-state index contributed by atoms with van der Waals surface area (Å²) in [7, 11) is 1.64. The number of aromatic amines is 1. The van der Waals surface area contributed by atoms with Crippen LogP contribution in [0.1, 0.15) is 19.4 Å². The molecule has 0 saturated heterocycles. The summed E-state index contributed by atoms with van der Waals surface area (Å²) >= 11 is 0. The molecule has 5 rings (SSSR count). The average molecular weight is 383 g/mol. The van der Waals surface area contributed by atoms with E-state index < -0.39 is 5.41 Å². The summed E-state index contributed by atoms with van der Waals surface area (Å²) in [6.07, 6.45) is 7.49. The number of nitrogens with zero attached hydrogens (tertiary/aromatic N) is 2. The lowest BCUT2D eigenvalue weighted by atomic mass is 9.84. The molecule has 3 aliphatic rings. The highest BCUT2D eigenvalue weighted by Crippen LogP contribution is 2.58. The monoisotopic (exact) mass is 383 g/mol. The lowest BCUT2D eigenvalue weighted by Gasteiger charge is -2.24. The van der Waals surface area contributed by atoms with Gasteiger partial charge in [-0.15, -0.1) is 0 Å². The number of nitrogens with one attached hydrogen (secondary N) is 1. The van der Waals surface area contributed by atoms with Gasteiger partial charge >= 0.3 is 0 Å². The molecule has 29 heavy (non-hydrogen) atoms. The first-order valence-electron chi connectivity index (χ1n) is 9.56. The quantitative estimate of drug-likeness (QED) is 0.532. The Kier molecular flexibility index (Phi) is 3.74. The Hall–Kier alpha value is -3.60. The summed E-state index contributed by atoms with van der Waals surface area (Å²) in [4.78, 5) is 22.8. The van der Waals surface area contributed by atoms with Crippen molar-refractivity contribution in [2.24, 2.45) is 0 Å². The van der Waals surface area contributed by atoms with Gasteiger partial charge in [0.25, 0.3) is 0 Å². The van der Waals surface area contributed by atoms with Crippen LogP contribution in [0.5, 0.6) is 5.75 Å². The first-order chi connectivity index (χ1) is 14.0. The molecule has 1 amide bonds. The molecule has 1 aromatic heterocycles. The molecular formula is C24H21N3O2. The highest BCUT2D eigenvalue weighted by Gasteiger charge is 2.49. The maximum absolute atomic E-state index is 13.6. The Bertz CT molecular complexity index is 1180. The van der Waals surface area contributed by atoms with Crippen LogP contribution in [0.4, 0.5) is 11.4 Å². The second-order valence-corrected chi connectivity index (χ2v) is 7.77. The lowest BCUT2D eigenvalue weighted by Crippen LogP contribution is -2.33. The van der Waals surface area contributed by atoms with Crippen LogP contribution < -0.4 is 9.64 Å². The minimum atomic E-state index is -0.639. The number of carbonyl (C=O) groups is 1. The molecule has 1 aliphatic carbocycles. The number of H-pyrrole nitrogens is 1. The van der Waals surface area contributed by atoms with Gasteiger partial charge in [0.2, 0.25) is 5.91 Å². The average Bonchev–Trinajstić information content (AvgIpc) is 3.19. The fraction of sp³-hybridized carbons (Fsp3) is 0.167. The Morgan fingerprint density at radius 3 is 2.41 bits per heavy atom. The molecule has 2 aromatic rings. The number of pyridine rings is 2. The molecule has 3 heterocycles. The third kappa shape index (κ3) is 2.40. The summed E-state index contributed by atoms with van der Waals surface area (Å²) in [5.41, 5.74) is 6.49. The molecule has 0 fully saturated rings. The second-order valence-electron chi connectivity index (χ2n) is 7.77. The van der Waals surface area contributed by atoms with Gasteiger partial charge in [-0.05, 0) is 73.0 Å². The highest BCUT2D eigenvalue weighted by atomic mass is 16.5. The van der Waals surface area contributed by atoms with E-state index in [4.69, 9.17) is 4.74 Å². The molecule has 5 nitrogen and oxygen atoms in total. The van der Waals surface area contributed by atoms with Crippen molar-refractivity contribution in [2.75, 3.05) is 12.0 Å². The van der Waals surface area contributed by atoms with Crippen LogP contribution in [-0.4, -0.2) is 23.0 Å². The lowest BCUT2D eigenvalue weighted by molar-refractivity contribution is -0.121. The van der Waals surface area contributed by atoms with Gasteiger partial charge in [-0.2, -0.15) is 0 Å². The third-order valence-corrected chi connectivity index (χ3v) is 5.76. The molecule has 0 saturated carbocycles. The number of carbonyl (C=O) groups excluding carboxylic acids is 1. The fourth-order valence-electron chi connectivity index (χ4n) is 4.37. The van der Waals surface area contributed by atoms with Crippen molar-refractivity contribution in [1.82, 2.24) is 9.97 Å². The smallest absolute Gasteiger partial charge is 0.241 e. The van der Waals surface area contributed by atoms with E-state index in [2.05, 4.69) is 16.0 Å². The van der Waals surface area contributed by atoms with Gasteiger partial charge in [0, 0.05) is 41.6 Å². The summed E-state index contributed by atoms with van der Waals surface area (Å²) in [5, 5.41) is 0. The molecule has 0 spiro atoms. The first-order valence-corrected chi connectivity index (χ1v) is 9.56. The molecule has 0 atom stereocenters. The van der Waals surface area contributed by atoms with E-state index in [1.54, 1.807) is 19.5 Å². The van der Waals surface area contributed by atoms with Crippen LogP contribution in [0, 0.1) is 0 Å². The Labute approximate surface area is 169 Å². The number of amides is 1. The first kappa shape index (κ1) is 17.5. The summed E-state index contributed by atoms with van der Waals surface area (Å²) < 4.78 is 5.30. The number of hydrogen-bond acceptors (Lipinski definition) is 3. The molecule has 1 aromatic carbocycles. The van der Waals surface area contributed by atoms with E-state index >= 15 is 0 Å². The Morgan fingerprint density at radius 1 is 1.00 bits per heavy atom. The third-order valence-electron chi connectivity index (χ3n) is 5.76. The van der Waals surface area contributed by atoms with Crippen LogP contribution in [0.15, 0.2) is 67.3 Å². The van der Waals surface area contributed by atoms with Crippen molar-refractivity contribution in [3.63, 3.8) is 0 Å². The van der Waals surface area contributed by atoms with Crippen LogP contribution in [-0.2, 0) is 10.2 Å². The number of methoxy groups -OCH3 is 1. The maximum atomic E-state index is 13.6. The van der Waals surface area contributed by atoms with E-state index in [-0.39, 0.29) is 5.91 Å². The van der Waals surface area contributed by atoms with Gasteiger partial charge in [-0.25, -0.2) is 0 Å². The van der Waals surface area contributed by atoms with Crippen molar-refractivity contribution in [2.45, 2.75) is 19.3 Å². The van der Waals surface area contributed by atoms with E-state index in [0.29, 0.717) is 0 Å². The number of rotatable bonds is 3. The SMILES string of the molecule is COc1ccc(N2C(=O)C(C)(C)c3c4cc[nH]cc-4c(-c4ccncc4)c32)cc1. The molecule has 5 heteroatoms. The molecule has 0 unspecified atom stereocenters. The Morgan fingerprint density at radius 2 is 1.72 bits per heavy atom. The molecule has 1 N–H and O–H groups in total. The van der Waals surface area contributed by atoms with Crippen LogP contribution >= 0.6 is 0 Å². The maximum Gasteiger partial charge on any atom is 0.241 e. The molecule has 0 bridgehead atoms. The number of ether oxygens (including phenoxy) is 1. The number of hydrogen-bond donors (Lipinski definition) is 1. The van der Waals surface area contributed by atoms with Crippen molar-refractivity contribution in [3.8, 4) is 28.0 Å². The van der Waals surface area contributed by atoms with Crippen LogP contribution in [0.2, 0.25) is 0 Å². The number of benzene rings is 1. The van der Waals surface area contributed by atoms with E-state index in [1.807, 2.05) is 67.5 Å². The normalized spacial score (nSPS) is 15.0. The molecule has 144 valence electrons. The zero-order chi connectivity index (χ0) is 20.2. The zero-order valence-corrected chi connectivity index (χ0v) is 16.6. The number of anilines is 2. The predicted molar refractivity (Wildman–Crippen MR) is 114 cm³/mol. The summed E-state index contributed by atoms with van der Waals surface area (Å²) in [6.45, 7) is 4.01. The number of aromatic nitrogens is 2. The standard InChI is InChI=1S/C24H21N3O2/c1-24(2)21-18-10-13-26-14-19(18)20(15-8-11-25-12-9-15)22(21)27(23(24)28)16-4-6-17(29-3)7-5-16/h4-14,26H,1-3H3. The zero-order valence-electron chi connectivity index (χ0n) is 16.6. The van der Waals surface area contributed by atoms with Crippen molar-refractivity contribution >= 4 is 17.3 Å². The minimum Gasteiger partial charge on any atom is -0.497 e. The highest BCUT2D eigenvalue weighted by molar-refractivity contribution is 6.20. The van der Waals surface area contributed by atoms with Gasteiger partial charge in [-0.1, -0.05) is 0 Å². The molecule has 0 radical (unpaired) electrons. The van der Waals surface area contributed by atoms with Gasteiger partial charge in [-0.3, -0.25) is 14.7 Å².